The SMILES string of the molecule is Cc1cc(=O)n(Cc2cc(F)ccc2C(N)=S)cn1. The zero-order valence-corrected chi connectivity index (χ0v) is 11.1. The van der Waals surface area contributed by atoms with Crippen LogP contribution < -0.4 is 11.3 Å². The molecule has 6 heteroatoms. The molecule has 98 valence electrons. The summed E-state index contributed by atoms with van der Waals surface area (Å²) in [7, 11) is 0. The number of nitrogens with zero attached hydrogens (tertiary/aromatic N) is 2. The van der Waals surface area contributed by atoms with Crippen LogP contribution in [0.4, 0.5) is 4.39 Å². The highest BCUT2D eigenvalue weighted by molar-refractivity contribution is 7.80. The van der Waals surface area contributed by atoms with Gasteiger partial charge in [-0.3, -0.25) is 9.36 Å². The van der Waals surface area contributed by atoms with Gasteiger partial charge >= 0.3 is 0 Å². The minimum absolute atomic E-state index is 0.170. The Labute approximate surface area is 114 Å². The monoisotopic (exact) mass is 277 g/mol. The molecule has 0 spiro atoms. The van der Waals surface area contributed by atoms with Crippen molar-refractivity contribution in [3.8, 4) is 0 Å². The molecule has 0 aliphatic rings. The van der Waals surface area contributed by atoms with Crippen LogP contribution in [-0.2, 0) is 6.54 Å². The molecule has 2 rings (SSSR count). The van der Waals surface area contributed by atoms with Crippen LogP contribution in [0.1, 0.15) is 16.8 Å². The third-order valence-corrected chi connectivity index (χ3v) is 2.91. The van der Waals surface area contributed by atoms with Crippen molar-refractivity contribution < 1.29 is 4.39 Å². The summed E-state index contributed by atoms with van der Waals surface area (Å²) in [6.07, 6.45) is 1.42. The molecule has 19 heavy (non-hydrogen) atoms. The van der Waals surface area contributed by atoms with Gasteiger partial charge in [-0.15, -0.1) is 0 Å². The predicted octanol–water partition coefficient (Wildman–Crippen LogP) is 1.37. The number of hydrogen-bond donors (Lipinski definition) is 1. The van der Waals surface area contributed by atoms with Gasteiger partial charge in [0.15, 0.2) is 0 Å². The van der Waals surface area contributed by atoms with Gasteiger partial charge in [-0.1, -0.05) is 12.2 Å². The Kier molecular flexibility index (Phi) is 3.71. The Bertz CT molecular complexity index is 697. The molecule has 0 amide bonds. The fraction of sp³-hybridized carbons (Fsp3) is 0.154. The van der Waals surface area contributed by atoms with E-state index in [9.17, 15) is 9.18 Å². The van der Waals surface area contributed by atoms with Gasteiger partial charge in [0, 0.05) is 17.3 Å². The Morgan fingerprint density at radius 3 is 2.84 bits per heavy atom. The number of aromatic nitrogens is 2. The Balaban J connectivity index is 2.45. The molecule has 0 radical (unpaired) electrons. The largest absolute Gasteiger partial charge is 0.389 e. The molecule has 0 bridgehead atoms. The summed E-state index contributed by atoms with van der Waals surface area (Å²) in [6.45, 7) is 1.91. The van der Waals surface area contributed by atoms with Crippen molar-refractivity contribution in [2.75, 3.05) is 0 Å². The molecule has 1 heterocycles. The summed E-state index contributed by atoms with van der Waals surface area (Å²) in [5.41, 5.74) is 7.13. The summed E-state index contributed by atoms with van der Waals surface area (Å²) in [5, 5.41) is 0. The van der Waals surface area contributed by atoms with E-state index in [4.69, 9.17) is 18.0 Å². The highest BCUT2D eigenvalue weighted by Crippen LogP contribution is 2.12. The molecule has 1 aromatic carbocycles. The van der Waals surface area contributed by atoms with Gasteiger partial charge in [-0.05, 0) is 30.7 Å². The molecule has 0 atom stereocenters. The summed E-state index contributed by atoms with van der Waals surface area (Å²) >= 11 is 4.91. The number of thiocarbonyl (C=S) groups is 1. The van der Waals surface area contributed by atoms with Gasteiger partial charge < -0.3 is 5.73 Å². The van der Waals surface area contributed by atoms with E-state index in [1.165, 1.54) is 35.2 Å². The van der Waals surface area contributed by atoms with Crippen molar-refractivity contribution in [2.24, 2.45) is 5.73 Å². The van der Waals surface area contributed by atoms with Crippen LogP contribution in [0.3, 0.4) is 0 Å². The van der Waals surface area contributed by atoms with E-state index >= 15 is 0 Å². The van der Waals surface area contributed by atoms with Gasteiger partial charge in [-0.2, -0.15) is 0 Å². The molecular formula is C13H12FN3OS. The smallest absolute Gasteiger partial charge is 0.253 e. The molecule has 0 aliphatic heterocycles. The van der Waals surface area contributed by atoms with E-state index in [-0.39, 0.29) is 17.1 Å². The van der Waals surface area contributed by atoms with E-state index in [1.807, 2.05) is 0 Å². The van der Waals surface area contributed by atoms with Crippen molar-refractivity contribution in [1.82, 2.24) is 9.55 Å². The average molecular weight is 277 g/mol. The van der Waals surface area contributed by atoms with E-state index in [0.29, 0.717) is 16.8 Å². The van der Waals surface area contributed by atoms with Gasteiger partial charge in [-0.25, -0.2) is 9.37 Å². The molecule has 0 saturated heterocycles. The first-order valence-corrected chi connectivity index (χ1v) is 5.99. The lowest BCUT2D eigenvalue weighted by molar-refractivity contribution is 0.622. The number of halogens is 1. The Morgan fingerprint density at radius 2 is 2.21 bits per heavy atom. The molecule has 4 nitrogen and oxygen atoms in total. The van der Waals surface area contributed by atoms with Crippen LogP contribution in [0.15, 0.2) is 35.4 Å². The fourth-order valence-corrected chi connectivity index (χ4v) is 1.95. The molecule has 2 N–H and O–H groups in total. The second-order valence-electron chi connectivity index (χ2n) is 4.16. The van der Waals surface area contributed by atoms with E-state index in [0.717, 1.165) is 0 Å². The lowest BCUT2D eigenvalue weighted by atomic mass is 10.1. The fourth-order valence-electron chi connectivity index (χ4n) is 1.75. The molecular weight excluding hydrogens is 265 g/mol. The van der Waals surface area contributed by atoms with E-state index in [2.05, 4.69) is 4.98 Å². The lowest BCUT2D eigenvalue weighted by Crippen LogP contribution is -2.22. The summed E-state index contributed by atoms with van der Waals surface area (Å²) in [5.74, 6) is -0.400. The maximum atomic E-state index is 13.3. The minimum atomic E-state index is -0.400. The van der Waals surface area contributed by atoms with Crippen LogP contribution in [0.5, 0.6) is 0 Å². The first kappa shape index (κ1) is 13.4. The van der Waals surface area contributed by atoms with Crippen LogP contribution >= 0.6 is 12.2 Å². The number of nitrogens with two attached hydrogens (primary N) is 1. The summed E-state index contributed by atoms with van der Waals surface area (Å²) in [4.78, 5) is 16.0. The quantitative estimate of drug-likeness (QED) is 0.861. The van der Waals surface area contributed by atoms with Crippen LogP contribution in [0, 0.1) is 12.7 Å². The maximum absolute atomic E-state index is 13.3. The van der Waals surface area contributed by atoms with Crippen LogP contribution in [0.2, 0.25) is 0 Å². The van der Waals surface area contributed by atoms with Gasteiger partial charge in [0.05, 0.1) is 12.9 Å². The van der Waals surface area contributed by atoms with E-state index in [1.54, 1.807) is 6.92 Å². The third kappa shape index (κ3) is 3.03. The Morgan fingerprint density at radius 1 is 1.47 bits per heavy atom. The second-order valence-corrected chi connectivity index (χ2v) is 4.60. The number of aryl methyl sites for hydroxylation is 1. The van der Waals surface area contributed by atoms with Crippen molar-refractivity contribution in [3.05, 3.63) is 63.6 Å². The van der Waals surface area contributed by atoms with Gasteiger partial charge in [0.2, 0.25) is 0 Å². The first-order chi connectivity index (χ1) is 8.97. The lowest BCUT2D eigenvalue weighted by Gasteiger charge is -2.10. The average Bonchev–Trinajstić information content (AvgIpc) is 2.32. The topological polar surface area (TPSA) is 60.9 Å². The number of hydrogen-bond acceptors (Lipinski definition) is 3. The highest BCUT2D eigenvalue weighted by atomic mass is 32.1. The third-order valence-electron chi connectivity index (χ3n) is 2.69. The first-order valence-electron chi connectivity index (χ1n) is 5.58. The summed E-state index contributed by atoms with van der Waals surface area (Å²) < 4.78 is 14.7. The standard InChI is InChI=1S/C13H12FN3OS/c1-8-4-12(18)17(7-16-8)6-9-5-10(14)2-3-11(9)13(15)19/h2-5,7H,6H2,1H3,(H2,15,19). The van der Waals surface area contributed by atoms with Crippen LogP contribution in [0.25, 0.3) is 0 Å². The maximum Gasteiger partial charge on any atom is 0.253 e. The zero-order chi connectivity index (χ0) is 14.0. The molecule has 0 unspecified atom stereocenters. The molecule has 0 fully saturated rings. The van der Waals surface area contributed by atoms with E-state index < -0.39 is 5.82 Å². The minimum Gasteiger partial charge on any atom is -0.389 e. The van der Waals surface area contributed by atoms with Gasteiger partial charge in [0.25, 0.3) is 5.56 Å². The van der Waals surface area contributed by atoms with Crippen molar-refractivity contribution in [1.29, 1.82) is 0 Å². The van der Waals surface area contributed by atoms with Crippen molar-refractivity contribution in [2.45, 2.75) is 13.5 Å². The highest BCUT2D eigenvalue weighted by Gasteiger charge is 2.08. The zero-order valence-electron chi connectivity index (χ0n) is 10.3. The molecule has 0 aliphatic carbocycles. The van der Waals surface area contributed by atoms with Crippen molar-refractivity contribution >= 4 is 17.2 Å². The van der Waals surface area contributed by atoms with Crippen molar-refractivity contribution in [3.63, 3.8) is 0 Å². The van der Waals surface area contributed by atoms with Crippen LogP contribution in [-0.4, -0.2) is 14.5 Å². The molecule has 2 aromatic rings. The summed E-state index contributed by atoms with van der Waals surface area (Å²) in [6, 6.07) is 5.54. The second kappa shape index (κ2) is 5.27. The predicted molar refractivity (Wildman–Crippen MR) is 74.6 cm³/mol. The van der Waals surface area contributed by atoms with Gasteiger partial charge in [0.1, 0.15) is 10.8 Å². The number of benzene rings is 1. The Hall–Kier alpha value is -2.08. The normalized spacial score (nSPS) is 10.4. The number of rotatable bonds is 3. The molecule has 1 aromatic heterocycles. The molecule has 0 saturated carbocycles.